The standard InChI is InChI=1S/C30H34N2O5S/c33-29(23-11-5-2-6-12-23)32-27(17-21-9-3-1-4-10-21)30(34)31-26-15-7-14-25-24(26)13-8-16-28(25)38(35,36)20-22-18-37-19-22/h1,3-4,7-10,13-16,22-23,27H,2,5-6,11-12,17-20H2,(H,31,34)(H,32,33)/t27-/m0/s1. The van der Waals surface area contributed by atoms with Crippen molar-refractivity contribution in [3.05, 3.63) is 72.3 Å². The van der Waals surface area contributed by atoms with Crippen LogP contribution in [0.15, 0.2) is 71.6 Å². The molecule has 0 aromatic heterocycles. The number of carbonyl (C=O) groups is 2. The minimum Gasteiger partial charge on any atom is -0.381 e. The molecule has 2 amide bonds. The number of carbonyl (C=O) groups excluding carboxylic acids is 2. The molecule has 1 aliphatic heterocycles. The van der Waals surface area contributed by atoms with E-state index in [1.54, 1.807) is 30.3 Å². The molecule has 3 aromatic carbocycles. The number of fused-ring (bicyclic) bond motifs is 1. The molecule has 1 aliphatic carbocycles. The number of nitrogens with one attached hydrogen (secondary N) is 2. The number of rotatable bonds is 9. The summed E-state index contributed by atoms with van der Waals surface area (Å²) in [4.78, 5) is 26.9. The van der Waals surface area contributed by atoms with Crippen molar-refractivity contribution in [2.24, 2.45) is 11.8 Å². The van der Waals surface area contributed by atoms with Crippen molar-refractivity contribution < 1.29 is 22.7 Å². The van der Waals surface area contributed by atoms with Gasteiger partial charge in [0, 0.05) is 34.7 Å². The number of anilines is 1. The summed E-state index contributed by atoms with van der Waals surface area (Å²) in [7, 11) is -3.53. The van der Waals surface area contributed by atoms with Gasteiger partial charge in [-0.15, -0.1) is 0 Å². The highest BCUT2D eigenvalue weighted by molar-refractivity contribution is 7.91. The van der Waals surface area contributed by atoms with Crippen molar-refractivity contribution in [3.8, 4) is 0 Å². The summed E-state index contributed by atoms with van der Waals surface area (Å²) in [6, 6.07) is 19.3. The first-order chi connectivity index (χ1) is 18.4. The van der Waals surface area contributed by atoms with Gasteiger partial charge in [0.15, 0.2) is 9.84 Å². The summed E-state index contributed by atoms with van der Waals surface area (Å²) in [5, 5.41) is 7.21. The monoisotopic (exact) mass is 534 g/mol. The van der Waals surface area contributed by atoms with Crippen LogP contribution >= 0.6 is 0 Å². The molecule has 200 valence electrons. The Morgan fingerprint density at radius 2 is 1.58 bits per heavy atom. The highest BCUT2D eigenvalue weighted by Gasteiger charge is 2.29. The molecule has 1 saturated carbocycles. The zero-order valence-electron chi connectivity index (χ0n) is 21.4. The van der Waals surface area contributed by atoms with E-state index < -0.39 is 15.9 Å². The molecule has 8 heteroatoms. The summed E-state index contributed by atoms with van der Waals surface area (Å²) in [6.45, 7) is 0.918. The van der Waals surface area contributed by atoms with Crippen molar-refractivity contribution in [3.63, 3.8) is 0 Å². The second-order valence-corrected chi connectivity index (χ2v) is 12.4. The normalized spacial score (nSPS) is 17.5. The van der Waals surface area contributed by atoms with Crippen LogP contribution < -0.4 is 10.6 Å². The molecule has 1 saturated heterocycles. The van der Waals surface area contributed by atoms with Crippen LogP contribution in [0.25, 0.3) is 10.8 Å². The molecule has 0 unspecified atom stereocenters. The maximum atomic E-state index is 13.6. The van der Waals surface area contributed by atoms with Gasteiger partial charge in [0.25, 0.3) is 0 Å². The van der Waals surface area contributed by atoms with Crippen LogP contribution in [0.4, 0.5) is 5.69 Å². The van der Waals surface area contributed by atoms with Crippen LogP contribution in [0, 0.1) is 11.8 Å². The van der Waals surface area contributed by atoms with E-state index in [1.165, 1.54) is 0 Å². The Kier molecular flexibility index (Phi) is 8.09. The summed E-state index contributed by atoms with van der Waals surface area (Å²) >= 11 is 0. The van der Waals surface area contributed by atoms with Gasteiger partial charge < -0.3 is 15.4 Å². The van der Waals surface area contributed by atoms with E-state index in [2.05, 4.69) is 10.6 Å². The molecule has 2 fully saturated rings. The number of benzene rings is 3. The quantitative estimate of drug-likeness (QED) is 0.421. The zero-order chi connectivity index (χ0) is 26.5. The van der Waals surface area contributed by atoms with Gasteiger partial charge in [-0.25, -0.2) is 8.42 Å². The van der Waals surface area contributed by atoms with Gasteiger partial charge >= 0.3 is 0 Å². The minimum absolute atomic E-state index is 0.00432. The average Bonchev–Trinajstić information content (AvgIpc) is 2.91. The topological polar surface area (TPSA) is 102 Å². The van der Waals surface area contributed by atoms with Crippen molar-refractivity contribution in [2.75, 3.05) is 24.3 Å². The number of hydrogen-bond donors (Lipinski definition) is 2. The molecule has 2 aliphatic rings. The Bertz CT molecular complexity index is 1400. The second-order valence-electron chi connectivity index (χ2n) is 10.4. The van der Waals surface area contributed by atoms with Crippen LogP contribution in [0.2, 0.25) is 0 Å². The van der Waals surface area contributed by atoms with E-state index >= 15 is 0 Å². The third kappa shape index (κ3) is 6.08. The summed E-state index contributed by atoms with van der Waals surface area (Å²) in [6.07, 6.45) is 5.26. The third-order valence-electron chi connectivity index (χ3n) is 7.53. The minimum atomic E-state index is -3.53. The van der Waals surface area contributed by atoms with Gasteiger partial charge in [0.2, 0.25) is 11.8 Å². The predicted octanol–water partition coefficient (Wildman–Crippen LogP) is 4.51. The third-order valence-corrected chi connectivity index (χ3v) is 9.47. The smallest absolute Gasteiger partial charge is 0.247 e. The molecule has 0 spiro atoms. The summed E-state index contributed by atoms with van der Waals surface area (Å²) in [5.74, 6) is -0.432. The maximum Gasteiger partial charge on any atom is 0.247 e. The van der Waals surface area contributed by atoms with Crippen LogP contribution in [-0.4, -0.2) is 45.2 Å². The lowest BCUT2D eigenvalue weighted by Crippen LogP contribution is -2.47. The fraction of sp³-hybridized carbons (Fsp3) is 0.400. The highest BCUT2D eigenvalue weighted by Crippen LogP contribution is 2.31. The van der Waals surface area contributed by atoms with Crippen LogP contribution in [-0.2, 0) is 30.6 Å². The van der Waals surface area contributed by atoms with Gasteiger partial charge in [0.1, 0.15) is 6.04 Å². The molecular formula is C30H34N2O5S. The van der Waals surface area contributed by atoms with E-state index in [0.717, 1.165) is 37.7 Å². The number of amides is 2. The zero-order valence-corrected chi connectivity index (χ0v) is 22.2. The van der Waals surface area contributed by atoms with Gasteiger partial charge in [-0.3, -0.25) is 9.59 Å². The molecule has 2 N–H and O–H groups in total. The Labute approximate surface area is 223 Å². The van der Waals surface area contributed by atoms with Crippen LogP contribution in [0.3, 0.4) is 0 Å². The lowest BCUT2D eigenvalue weighted by molar-refractivity contribution is -0.130. The average molecular weight is 535 g/mol. The highest BCUT2D eigenvalue weighted by atomic mass is 32.2. The molecule has 1 heterocycles. The number of sulfone groups is 1. The fourth-order valence-corrected chi connectivity index (χ4v) is 7.17. The first-order valence-electron chi connectivity index (χ1n) is 13.4. The molecular weight excluding hydrogens is 500 g/mol. The molecule has 3 aromatic rings. The van der Waals surface area contributed by atoms with Gasteiger partial charge in [-0.1, -0.05) is 73.9 Å². The van der Waals surface area contributed by atoms with Gasteiger partial charge in [0.05, 0.1) is 23.9 Å². The Morgan fingerprint density at radius 3 is 2.29 bits per heavy atom. The van der Waals surface area contributed by atoms with Crippen molar-refractivity contribution in [1.29, 1.82) is 0 Å². The predicted molar refractivity (Wildman–Crippen MR) is 148 cm³/mol. The van der Waals surface area contributed by atoms with Crippen molar-refractivity contribution in [2.45, 2.75) is 49.5 Å². The van der Waals surface area contributed by atoms with E-state index in [4.69, 9.17) is 4.74 Å². The molecule has 5 rings (SSSR count). The number of ether oxygens (including phenoxy) is 1. The molecule has 0 radical (unpaired) electrons. The first kappa shape index (κ1) is 26.4. The second kappa shape index (κ2) is 11.7. The van der Waals surface area contributed by atoms with E-state index in [0.29, 0.717) is 36.1 Å². The summed E-state index contributed by atoms with van der Waals surface area (Å²) < 4.78 is 31.5. The summed E-state index contributed by atoms with van der Waals surface area (Å²) in [5.41, 5.74) is 1.46. The first-order valence-corrected chi connectivity index (χ1v) is 15.0. The van der Waals surface area contributed by atoms with Gasteiger partial charge in [-0.2, -0.15) is 0 Å². The van der Waals surface area contributed by atoms with Crippen molar-refractivity contribution in [1.82, 2.24) is 5.32 Å². The molecule has 1 atom stereocenters. The van der Waals surface area contributed by atoms with E-state index in [9.17, 15) is 18.0 Å². The van der Waals surface area contributed by atoms with E-state index in [1.807, 2.05) is 36.4 Å². The van der Waals surface area contributed by atoms with Crippen molar-refractivity contribution >= 4 is 38.1 Å². The Hall–Kier alpha value is -3.23. The molecule has 7 nitrogen and oxygen atoms in total. The maximum absolute atomic E-state index is 13.6. The van der Waals surface area contributed by atoms with Crippen LogP contribution in [0.1, 0.15) is 37.7 Å². The molecule has 0 bridgehead atoms. The Balaban J connectivity index is 1.40. The number of hydrogen-bond acceptors (Lipinski definition) is 5. The Morgan fingerprint density at radius 1 is 0.868 bits per heavy atom. The lowest BCUT2D eigenvalue weighted by Gasteiger charge is -2.26. The fourth-order valence-electron chi connectivity index (χ4n) is 5.38. The SMILES string of the molecule is O=C(N[C@@H](Cc1ccccc1)C(=O)Nc1cccc2c(S(=O)(=O)CC3COC3)cccc12)C1CCCCC1. The van der Waals surface area contributed by atoms with E-state index in [-0.39, 0.29) is 34.3 Å². The molecule has 38 heavy (non-hydrogen) atoms. The van der Waals surface area contributed by atoms with Gasteiger partial charge in [-0.05, 0) is 30.5 Å². The largest absolute Gasteiger partial charge is 0.381 e. The lowest BCUT2D eigenvalue weighted by atomic mass is 9.88. The van der Waals surface area contributed by atoms with Crippen LogP contribution in [0.5, 0.6) is 0 Å².